The van der Waals surface area contributed by atoms with Crippen LogP contribution in [0.5, 0.6) is 0 Å². The Morgan fingerprint density at radius 3 is 2.74 bits per heavy atom. The number of rotatable bonds is 0. The average molecular weight is 268 g/mol. The summed E-state index contributed by atoms with van der Waals surface area (Å²) >= 11 is 6.10. The zero-order chi connectivity index (χ0) is 13.0. The van der Waals surface area contributed by atoms with E-state index in [0.29, 0.717) is 0 Å². The Kier molecular flexibility index (Phi) is 2.12. The number of pyridine rings is 1. The van der Waals surface area contributed by atoms with Gasteiger partial charge in [-0.25, -0.2) is 9.55 Å². The number of nitrogens with zero attached hydrogens (tertiary/aromatic N) is 1. The van der Waals surface area contributed by atoms with Crippen LogP contribution in [-0.2, 0) is 7.05 Å². The van der Waals surface area contributed by atoms with Crippen molar-refractivity contribution in [2.24, 2.45) is 7.05 Å². The van der Waals surface area contributed by atoms with E-state index in [-0.39, 0.29) is 0 Å². The molecule has 0 atom stereocenters. The van der Waals surface area contributed by atoms with E-state index in [1.165, 1.54) is 16.2 Å². The van der Waals surface area contributed by atoms with Crippen molar-refractivity contribution >= 4 is 44.4 Å². The summed E-state index contributed by atoms with van der Waals surface area (Å²) in [6.07, 6.45) is 0. The molecule has 19 heavy (non-hydrogen) atoms. The zero-order valence-electron chi connectivity index (χ0n) is 10.4. The number of aromatic amines is 1. The quantitative estimate of drug-likeness (QED) is 0.466. The van der Waals surface area contributed by atoms with Crippen molar-refractivity contribution in [2.75, 3.05) is 0 Å². The monoisotopic (exact) mass is 267 g/mol. The standard InChI is InChI=1S/C16H11ClN2/c1-19-15-9-11(17)7-6-10(15)8-13-12-4-2-3-5-14(12)18-16(13)19/h2-9H,1H3/p+1. The predicted octanol–water partition coefficient (Wildman–Crippen LogP) is 3.95. The van der Waals surface area contributed by atoms with Gasteiger partial charge in [0.1, 0.15) is 11.0 Å². The largest absolute Gasteiger partial charge is 0.287 e. The second-order valence-corrected chi connectivity index (χ2v) is 5.28. The van der Waals surface area contributed by atoms with Crippen molar-refractivity contribution in [3.8, 4) is 0 Å². The van der Waals surface area contributed by atoms with Gasteiger partial charge in [-0.15, -0.1) is 0 Å². The maximum atomic E-state index is 6.10. The molecule has 2 aromatic heterocycles. The molecule has 0 saturated carbocycles. The molecule has 2 nitrogen and oxygen atoms in total. The normalized spacial score (nSPS) is 11.7. The van der Waals surface area contributed by atoms with E-state index in [1.54, 1.807) is 0 Å². The van der Waals surface area contributed by atoms with Gasteiger partial charge in [-0.2, -0.15) is 0 Å². The van der Waals surface area contributed by atoms with Crippen LogP contribution in [0.3, 0.4) is 0 Å². The van der Waals surface area contributed by atoms with Crippen molar-refractivity contribution in [1.82, 2.24) is 4.98 Å². The molecule has 4 aromatic rings. The van der Waals surface area contributed by atoms with Gasteiger partial charge < -0.3 is 0 Å². The highest BCUT2D eigenvalue weighted by molar-refractivity contribution is 6.31. The molecule has 92 valence electrons. The Morgan fingerprint density at radius 2 is 1.84 bits per heavy atom. The molecule has 0 bridgehead atoms. The van der Waals surface area contributed by atoms with Gasteiger partial charge in [0.2, 0.25) is 0 Å². The Morgan fingerprint density at radius 1 is 1.00 bits per heavy atom. The fourth-order valence-electron chi connectivity index (χ4n) is 2.77. The van der Waals surface area contributed by atoms with Crippen LogP contribution in [0.4, 0.5) is 0 Å². The van der Waals surface area contributed by atoms with Crippen LogP contribution >= 0.6 is 11.6 Å². The van der Waals surface area contributed by atoms with E-state index in [0.717, 1.165) is 21.7 Å². The van der Waals surface area contributed by atoms with E-state index >= 15 is 0 Å². The molecule has 3 heteroatoms. The van der Waals surface area contributed by atoms with Crippen molar-refractivity contribution in [2.45, 2.75) is 0 Å². The molecule has 0 fully saturated rings. The number of H-pyrrole nitrogens is 1. The van der Waals surface area contributed by atoms with Gasteiger partial charge in [0.25, 0.3) is 5.65 Å². The fourth-order valence-corrected chi connectivity index (χ4v) is 2.93. The van der Waals surface area contributed by atoms with Crippen LogP contribution in [-0.4, -0.2) is 4.98 Å². The van der Waals surface area contributed by atoms with Crippen LogP contribution in [0.25, 0.3) is 32.8 Å². The highest BCUT2D eigenvalue weighted by atomic mass is 35.5. The first-order valence-electron chi connectivity index (χ1n) is 6.23. The lowest BCUT2D eigenvalue weighted by atomic mass is 10.1. The number of fused-ring (bicyclic) bond motifs is 4. The first-order chi connectivity index (χ1) is 9.24. The molecule has 0 aliphatic rings. The number of aryl methyl sites for hydroxylation is 1. The number of benzene rings is 2. The summed E-state index contributed by atoms with van der Waals surface area (Å²) in [5.74, 6) is 0. The van der Waals surface area contributed by atoms with Crippen molar-refractivity contribution in [3.05, 3.63) is 53.6 Å². The first kappa shape index (κ1) is 10.8. The molecule has 0 unspecified atom stereocenters. The summed E-state index contributed by atoms with van der Waals surface area (Å²) in [5.41, 5.74) is 3.41. The molecule has 2 heterocycles. The third kappa shape index (κ3) is 1.47. The summed E-state index contributed by atoms with van der Waals surface area (Å²) in [4.78, 5) is 3.48. The molecular weight excluding hydrogens is 256 g/mol. The van der Waals surface area contributed by atoms with Gasteiger partial charge in [0.15, 0.2) is 0 Å². The Labute approximate surface area is 115 Å². The fraction of sp³-hybridized carbons (Fsp3) is 0.0625. The third-order valence-corrected chi connectivity index (χ3v) is 3.95. The highest BCUT2D eigenvalue weighted by Crippen LogP contribution is 2.27. The van der Waals surface area contributed by atoms with Crippen LogP contribution in [0.1, 0.15) is 0 Å². The van der Waals surface area contributed by atoms with Gasteiger partial charge in [0.05, 0.1) is 12.4 Å². The molecule has 4 rings (SSSR count). The number of aromatic nitrogens is 2. The summed E-state index contributed by atoms with van der Waals surface area (Å²) in [5, 5.41) is 4.46. The third-order valence-electron chi connectivity index (χ3n) is 3.71. The van der Waals surface area contributed by atoms with Crippen LogP contribution in [0.2, 0.25) is 5.02 Å². The highest BCUT2D eigenvalue weighted by Gasteiger charge is 2.15. The summed E-state index contributed by atoms with van der Waals surface area (Å²) in [6.45, 7) is 0. The lowest BCUT2D eigenvalue weighted by Crippen LogP contribution is -2.30. The van der Waals surface area contributed by atoms with Crippen molar-refractivity contribution in [3.63, 3.8) is 0 Å². The van der Waals surface area contributed by atoms with E-state index < -0.39 is 0 Å². The number of hydrogen-bond acceptors (Lipinski definition) is 0. The summed E-state index contributed by atoms with van der Waals surface area (Å²) in [7, 11) is 2.07. The summed E-state index contributed by atoms with van der Waals surface area (Å²) in [6, 6.07) is 16.6. The van der Waals surface area contributed by atoms with Gasteiger partial charge in [-0.3, -0.25) is 0 Å². The topological polar surface area (TPSA) is 19.7 Å². The predicted molar refractivity (Wildman–Crippen MR) is 79.5 cm³/mol. The number of para-hydroxylation sites is 1. The van der Waals surface area contributed by atoms with E-state index in [9.17, 15) is 0 Å². The molecule has 1 N–H and O–H groups in total. The molecule has 0 amide bonds. The second-order valence-electron chi connectivity index (χ2n) is 4.84. The zero-order valence-corrected chi connectivity index (χ0v) is 11.2. The van der Waals surface area contributed by atoms with Gasteiger partial charge in [0, 0.05) is 21.9 Å². The number of hydrogen-bond donors (Lipinski definition) is 1. The Bertz CT molecular complexity index is 938. The van der Waals surface area contributed by atoms with Crippen LogP contribution < -0.4 is 4.57 Å². The van der Waals surface area contributed by atoms with Gasteiger partial charge >= 0.3 is 0 Å². The lowest BCUT2D eigenvalue weighted by Gasteiger charge is -2.01. The maximum absolute atomic E-state index is 6.10. The molecule has 0 aliphatic carbocycles. The maximum Gasteiger partial charge on any atom is 0.287 e. The van der Waals surface area contributed by atoms with Gasteiger partial charge in [-0.05, 0) is 30.3 Å². The SMILES string of the molecule is C[n+]1c2cc(Cl)ccc2cc2c3ccccc3[nH]c21. The first-order valence-corrected chi connectivity index (χ1v) is 6.60. The minimum atomic E-state index is 0.763. The van der Waals surface area contributed by atoms with Crippen molar-refractivity contribution < 1.29 is 4.57 Å². The molecule has 2 aromatic carbocycles. The summed E-state index contributed by atoms with van der Waals surface area (Å²) < 4.78 is 2.16. The van der Waals surface area contributed by atoms with E-state index in [4.69, 9.17) is 11.6 Å². The van der Waals surface area contributed by atoms with Gasteiger partial charge in [-0.1, -0.05) is 23.7 Å². The number of halogens is 1. The molecular formula is C16H12ClN2+. The average Bonchev–Trinajstić information content (AvgIpc) is 2.79. The molecule has 0 saturated heterocycles. The Balaban J connectivity index is 2.29. The number of nitrogens with one attached hydrogen (secondary N) is 1. The second kappa shape index (κ2) is 3.72. The molecule has 0 aliphatic heterocycles. The van der Waals surface area contributed by atoms with E-state index in [1.807, 2.05) is 18.2 Å². The minimum Gasteiger partial charge on any atom is -0.240 e. The molecule has 0 radical (unpaired) electrons. The molecule has 0 spiro atoms. The smallest absolute Gasteiger partial charge is 0.240 e. The lowest BCUT2D eigenvalue weighted by molar-refractivity contribution is -0.619. The van der Waals surface area contributed by atoms with E-state index in [2.05, 4.69) is 46.9 Å². The Hall–Kier alpha value is -2.06. The van der Waals surface area contributed by atoms with Crippen molar-refractivity contribution in [1.29, 1.82) is 0 Å². The minimum absolute atomic E-state index is 0.763. The van der Waals surface area contributed by atoms with Crippen LogP contribution in [0.15, 0.2) is 48.5 Å². The van der Waals surface area contributed by atoms with Crippen LogP contribution in [0, 0.1) is 0 Å².